The SMILES string of the molecule is C[C@]1(C(=O)O)CCN(C(=O)Cn2cc(Br)ccc2=O)C1. The fourth-order valence-corrected chi connectivity index (χ4v) is 2.60. The molecule has 1 aromatic rings. The first-order valence-electron chi connectivity index (χ1n) is 6.19. The molecule has 1 saturated heterocycles. The Labute approximate surface area is 124 Å². The number of pyridine rings is 1. The van der Waals surface area contributed by atoms with Gasteiger partial charge in [-0.15, -0.1) is 0 Å². The van der Waals surface area contributed by atoms with Gasteiger partial charge < -0.3 is 14.6 Å². The van der Waals surface area contributed by atoms with Crippen molar-refractivity contribution in [2.75, 3.05) is 13.1 Å². The van der Waals surface area contributed by atoms with Crippen LogP contribution < -0.4 is 5.56 Å². The Morgan fingerprint density at radius 2 is 2.15 bits per heavy atom. The minimum Gasteiger partial charge on any atom is -0.481 e. The highest BCUT2D eigenvalue weighted by Crippen LogP contribution is 2.30. The summed E-state index contributed by atoms with van der Waals surface area (Å²) < 4.78 is 2.02. The molecule has 0 aliphatic carbocycles. The lowest BCUT2D eigenvalue weighted by molar-refractivity contribution is -0.147. The molecule has 1 fully saturated rings. The number of nitrogens with zero attached hydrogens (tertiary/aromatic N) is 2. The highest BCUT2D eigenvalue weighted by Gasteiger charge is 2.41. The molecule has 0 saturated carbocycles. The molecule has 0 aromatic carbocycles. The van der Waals surface area contributed by atoms with E-state index in [1.165, 1.54) is 15.5 Å². The number of aliphatic carboxylic acids is 1. The van der Waals surface area contributed by atoms with Crippen molar-refractivity contribution in [2.24, 2.45) is 5.41 Å². The number of aromatic nitrogens is 1. The minimum absolute atomic E-state index is 0.0754. The first-order valence-corrected chi connectivity index (χ1v) is 6.98. The van der Waals surface area contributed by atoms with E-state index in [1.54, 1.807) is 19.2 Å². The zero-order valence-corrected chi connectivity index (χ0v) is 12.6. The van der Waals surface area contributed by atoms with Gasteiger partial charge >= 0.3 is 5.97 Å². The number of amides is 1. The van der Waals surface area contributed by atoms with Gasteiger partial charge in [-0.3, -0.25) is 14.4 Å². The predicted molar refractivity (Wildman–Crippen MR) is 75.3 cm³/mol. The van der Waals surface area contributed by atoms with Gasteiger partial charge in [0.1, 0.15) is 6.54 Å². The lowest BCUT2D eigenvalue weighted by Crippen LogP contribution is -2.38. The maximum Gasteiger partial charge on any atom is 0.311 e. The van der Waals surface area contributed by atoms with E-state index >= 15 is 0 Å². The minimum atomic E-state index is -0.896. The molecule has 1 aliphatic rings. The van der Waals surface area contributed by atoms with E-state index in [0.29, 0.717) is 17.4 Å². The molecule has 2 heterocycles. The van der Waals surface area contributed by atoms with Crippen LogP contribution in [0.3, 0.4) is 0 Å². The Balaban J connectivity index is 2.09. The third-order valence-corrected chi connectivity index (χ3v) is 4.06. The Hall–Kier alpha value is -1.63. The second-order valence-electron chi connectivity index (χ2n) is 5.24. The first kappa shape index (κ1) is 14.8. The number of carboxylic acid groups (broad SMARTS) is 1. The summed E-state index contributed by atoms with van der Waals surface area (Å²) in [6.45, 7) is 2.15. The van der Waals surface area contributed by atoms with Crippen molar-refractivity contribution >= 4 is 27.8 Å². The summed E-state index contributed by atoms with van der Waals surface area (Å²) in [4.78, 5) is 36.4. The van der Waals surface area contributed by atoms with Crippen molar-refractivity contribution in [2.45, 2.75) is 19.9 Å². The van der Waals surface area contributed by atoms with Gasteiger partial charge in [-0.1, -0.05) is 0 Å². The van der Waals surface area contributed by atoms with Gasteiger partial charge in [-0.05, 0) is 35.3 Å². The molecule has 1 atom stereocenters. The van der Waals surface area contributed by atoms with E-state index < -0.39 is 11.4 Å². The number of hydrogen-bond acceptors (Lipinski definition) is 3. The normalized spacial score (nSPS) is 22.0. The van der Waals surface area contributed by atoms with Gasteiger partial charge in [-0.25, -0.2) is 0 Å². The topological polar surface area (TPSA) is 79.6 Å². The maximum absolute atomic E-state index is 12.1. The van der Waals surface area contributed by atoms with Gasteiger partial charge in [0.15, 0.2) is 0 Å². The lowest BCUT2D eigenvalue weighted by atomic mass is 9.90. The third-order valence-electron chi connectivity index (χ3n) is 3.60. The van der Waals surface area contributed by atoms with Crippen LogP contribution in [0.2, 0.25) is 0 Å². The molecule has 0 spiro atoms. The van der Waals surface area contributed by atoms with Crippen LogP contribution in [0.15, 0.2) is 27.6 Å². The van der Waals surface area contributed by atoms with Crippen molar-refractivity contribution in [1.29, 1.82) is 0 Å². The summed E-state index contributed by atoms with van der Waals surface area (Å²) in [7, 11) is 0. The smallest absolute Gasteiger partial charge is 0.311 e. The number of carbonyl (C=O) groups excluding carboxylic acids is 1. The fraction of sp³-hybridized carbons (Fsp3) is 0.462. The zero-order valence-electron chi connectivity index (χ0n) is 11.0. The number of hydrogen-bond donors (Lipinski definition) is 1. The summed E-state index contributed by atoms with van der Waals surface area (Å²) in [5.74, 6) is -1.14. The fourth-order valence-electron chi connectivity index (χ4n) is 2.22. The van der Waals surface area contributed by atoms with E-state index in [9.17, 15) is 14.4 Å². The largest absolute Gasteiger partial charge is 0.481 e. The number of carbonyl (C=O) groups is 2. The van der Waals surface area contributed by atoms with Crippen molar-refractivity contribution in [1.82, 2.24) is 9.47 Å². The Morgan fingerprint density at radius 3 is 2.75 bits per heavy atom. The molecule has 1 aromatic heterocycles. The van der Waals surface area contributed by atoms with Gasteiger partial charge in [0.05, 0.1) is 5.41 Å². The van der Waals surface area contributed by atoms with E-state index in [0.717, 1.165) is 0 Å². The lowest BCUT2D eigenvalue weighted by Gasteiger charge is -2.20. The van der Waals surface area contributed by atoms with Crippen molar-refractivity contribution in [3.63, 3.8) is 0 Å². The molecule has 0 bridgehead atoms. The Bertz CT molecular complexity index is 613. The van der Waals surface area contributed by atoms with Crippen molar-refractivity contribution in [3.05, 3.63) is 33.2 Å². The molecular formula is C13H15BrN2O4. The second-order valence-corrected chi connectivity index (χ2v) is 6.16. The van der Waals surface area contributed by atoms with Crippen LogP contribution >= 0.6 is 15.9 Å². The Kier molecular flexibility index (Phi) is 3.99. The number of rotatable bonds is 3. The van der Waals surface area contributed by atoms with Gasteiger partial charge in [-0.2, -0.15) is 0 Å². The van der Waals surface area contributed by atoms with E-state index in [-0.39, 0.29) is 24.6 Å². The molecular weight excluding hydrogens is 328 g/mol. The third kappa shape index (κ3) is 2.92. The zero-order chi connectivity index (χ0) is 14.9. The van der Waals surface area contributed by atoms with Crippen LogP contribution in [0.5, 0.6) is 0 Å². The standard InChI is InChI=1S/C13H15BrN2O4/c1-13(12(19)20)4-5-15(8-13)11(18)7-16-6-9(14)2-3-10(16)17/h2-3,6H,4-5,7-8H2,1H3,(H,19,20)/t13-/m0/s1. The molecule has 2 rings (SSSR count). The summed E-state index contributed by atoms with van der Waals surface area (Å²) in [5.41, 5.74) is -1.15. The summed E-state index contributed by atoms with van der Waals surface area (Å²) >= 11 is 3.24. The van der Waals surface area contributed by atoms with Crippen LogP contribution in [-0.4, -0.2) is 39.5 Å². The van der Waals surface area contributed by atoms with Crippen LogP contribution in [0.25, 0.3) is 0 Å². The first-order chi connectivity index (χ1) is 9.32. The monoisotopic (exact) mass is 342 g/mol. The van der Waals surface area contributed by atoms with Crippen LogP contribution in [0.1, 0.15) is 13.3 Å². The summed E-state index contributed by atoms with van der Waals surface area (Å²) in [6.07, 6.45) is 1.98. The van der Waals surface area contributed by atoms with Crippen LogP contribution in [0.4, 0.5) is 0 Å². The molecule has 0 unspecified atom stereocenters. The molecule has 1 aliphatic heterocycles. The maximum atomic E-state index is 12.1. The molecule has 108 valence electrons. The number of halogens is 1. The average Bonchev–Trinajstić information content (AvgIpc) is 2.78. The Morgan fingerprint density at radius 1 is 1.45 bits per heavy atom. The quantitative estimate of drug-likeness (QED) is 0.886. The number of likely N-dealkylation sites (tertiary alicyclic amines) is 1. The van der Waals surface area contributed by atoms with E-state index in [4.69, 9.17) is 5.11 Å². The molecule has 6 nitrogen and oxygen atoms in total. The van der Waals surface area contributed by atoms with Crippen molar-refractivity contribution in [3.8, 4) is 0 Å². The molecule has 1 amide bonds. The van der Waals surface area contributed by atoms with Crippen LogP contribution in [-0.2, 0) is 16.1 Å². The molecule has 1 N–H and O–H groups in total. The van der Waals surface area contributed by atoms with E-state index in [1.807, 2.05) is 0 Å². The molecule has 7 heteroatoms. The van der Waals surface area contributed by atoms with Gasteiger partial charge in [0, 0.05) is 29.8 Å². The second kappa shape index (κ2) is 5.40. The van der Waals surface area contributed by atoms with Gasteiger partial charge in [0.25, 0.3) is 5.56 Å². The van der Waals surface area contributed by atoms with Gasteiger partial charge in [0.2, 0.25) is 5.91 Å². The predicted octanol–water partition coefficient (Wildman–Crippen LogP) is 0.934. The highest BCUT2D eigenvalue weighted by atomic mass is 79.9. The molecule has 20 heavy (non-hydrogen) atoms. The molecule has 0 radical (unpaired) electrons. The van der Waals surface area contributed by atoms with Crippen molar-refractivity contribution < 1.29 is 14.7 Å². The van der Waals surface area contributed by atoms with E-state index in [2.05, 4.69) is 15.9 Å². The average molecular weight is 343 g/mol. The van der Waals surface area contributed by atoms with Crippen LogP contribution in [0, 0.1) is 5.41 Å². The summed E-state index contributed by atoms with van der Waals surface area (Å²) in [6, 6.07) is 2.99. The summed E-state index contributed by atoms with van der Waals surface area (Å²) in [5, 5.41) is 9.14. The highest BCUT2D eigenvalue weighted by molar-refractivity contribution is 9.10. The number of carboxylic acids is 1.